The topological polar surface area (TPSA) is 41.6 Å². The van der Waals surface area contributed by atoms with Crippen LogP contribution in [0.25, 0.3) is 0 Å². The standard InChI is InChI=1S/C14H26N2O2/c1-2-3-9-18-10-13(17)16-8-4-5-14(12-16)6-7-15-11-14/h15H,2-12H2,1H3. The van der Waals surface area contributed by atoms with E-state index in [4.69, 9.17) is 4.74 Å². The van der Waals surface area contributed by atoms with E-state index in [0.29, 0.717) is 12.0 Å². The summed E-state index contributed by atoms with van der Waals surface area (Å²) in [5.41, 5.74) is 0.358. The Hall–Kier alpha value is -0.610. The maximum atomic E-state index is 12.1. The molecule has 0 bridgehead atoms. The van der Waals surface area contributed by atoms with Gasteiger partial charge in [-0.25, -0.2) is 0 Å². The van der Waals surface area contributed by atoms with Crippen molar-refractivity contribution in [3.05, 3.63) is 0 Å². The number of nitrogens with zero attached hydrogens (tertiary/aromatic N) is 1. The lowest BCUT2D eigenvalue weighted by Crippen LogP contribution is -2.48. The van der Waals surface area contributed by atoms with Crippen LogP contribution in [0.4, 0.5) is 0 Å². The summed E-state index contributed by atoms with van der Waals surface area (Å²) in [5, 5.41) is 3.43. The van der Waals surface area contributed by atoms with E-state index in [9.17, 15) is 4.79 Å². The highest BCUT2D eigenvalue weighted by Gasteiger charge is 2.39. The molecule has 2 aliphatic rings. The Bertz CT molecular complexity index is 275. The molecule has 1 N–H and O–H groups in total. The minimum absolute atomic E-state index is 0.178. The maximum Gasteiger partial charge on any atom is 0.248 e. The highest BCUT2D eigenvalue weighted by molar-refractivity contribution is 5.77. The number of piperidine rings is 1. The predicted octanol–water partition coefficient (Wildman–Crippen LogP) is 1.41. The molecule has 0 radical (unpaired) electrons. The molecule has 2 aliphatic heterocycles. The second-order valence-corrected chi connectivity index (χ2v) is 5.75. The number of amides is 1. The van der Waals surface area contributed by atoms with E-state index in [1.165, 1.54) is 12.8 Å². The van der Waals surface area contributed by atoms with Gasteiger partial charge in [-0.15, -0.1) is 0 Å². The summed E-state index contributed by atoms with van der Waals surface area (Å²) in [4.78, 5) is 14.1. The van der Waals surface area contributed by atoms with E-state index in [1.54, 1.807) is 0 Å². The van der Waals surface area contributed by atoms with Gasteiger partial charge in [0.1, 0.15) is 6.61 Å². The Labute approximate surface area is 110 Å². The zero-order valence-electron chi connectivity index (χ0n) is 11.5. The Balaban J connectivity index is 1.75. The average molecular weight is 254 g/mol. The molecule has 104 valence electrons. The minimum Gasteiger partial charge on any atom is -0.372 e. The molecule has 2 heterocycles. The van der Waals surface area contributed by atoms with Crippen molar-refractivity contribution in [3.63, 3.8) is 0 Å². The molecule has 1 spiro atoms. The maximum absolute atomic E-state index is 12.1. The second-order valence-electron chi connectivity index (χ2n) is 5.75. The van der Waals surface area contributed by atoms with Crippen molar-refractivity contribution in [2.45, 2.75) is 39.0 Å². The van der Waals surface area contributed by atoms with Crippen molar-refractivity contribution in [1.29, 1.82) is 0 Å². The van der Waals surface area contributed by atoms with Gasteiger partial charge in [0, 0.05) is 31.7 Å². The molecule has 0 aliphatic carbocycles. The first kappa shape index (κ1) is 13.8. The molecule has 2 rings (SSSR count). The van der Waals surface area contributed by atoms with Crippen molar-refractivity contribution in [2.75, 3.05) is 39.4 Å². The smallest absolute Gasteiger partial charge is 0.248 e. The molecular formula is C14H26N2O2. The van der Waals surface area contributed by atoms with E-state index in [2.05, 4.69) is 12.2 Å². The Kier molecular flexibility index (Phi) is 5.01. The van der Waals surface area contributed by atoms with Gasteiger partial charge in [0.15, 0.2) is 0 Å². The van der Waals surface area contributed by atoms with E-state index in [-0.39, 0.29) is 12.5 Å². The van der Waals surface area contributed by atoms with Crippen LogP contribution in [0, 0.1) is 5.41 Å². The molecule has 2 saturated heterocycles. The summed E-state index contributed by atoms with van der Waals surface area (Å²) in [6.07, 6.45) is 5.78. The average Bonchev–Trinajstić information content (AvgIpc) is 2.82. The summed E-state index contributed by atoms with van der Waals surface area (Å²) in [7, 11) is 0. The van der Waals surface area contributed by atoms with Gasteiger partial charge < -0.3 is 15.0 Å². The second kappa shape index (κ2) is 6.53. The first-order valence-electron chi connectivity index (χ1n) is 7.32. The molecule has 0 aromatic heterocycles. The van der Waals surface area contributed by atoms with Crippen LogP contribution in [-0.2, 0) is 9.53 Å². The molecule has 4 heteroatoms. The first-order chi connectivity index (χ1) is 8.76. The normalized spacial score (nSPS) is 27.9. The molecule has 1 atom stereocenters. The SMILES string of the molecule is CCCCOCC(=O)N1CCCC2(CCNC2)C1. The summed E-state index contributed by atoms with van der Waals surface area (Å²) < 4.78 is 5.43. The summed E-state index contributed by atoms with van der Waals surface area (Å²) in [5.74, 6) is 0.178. The van der Waals surface area contributed by atoms with Crippen LogP contribution < -0.4 is 5.32 Å². The summed E-state index contributed by atoms with van der Waals surface area (Å²) in [6, 6.07) is 0. The van der Waals surface area contributed by atoms with E-state index >= 15 is 0 Å². The van der Waals surface area contributed by atoms with Crippen LogP contribution in [0.3, 0.4) is 0 Å². The molecule has 18 heavy (non-hydrogen) atoms. The lowest BCUT2D eigenvalue weighted by molar-refractivity contribution is -0.139. The minimum atomic E-state index is 0.178. The third-order valence-electron chi connectivity index (χ3n) is 4.21. The number of unbranched alkanes of at least 4 members (excludes halogenated alkanes) is 1. The van der Waals surface area contributed by atoms with Gasteiger partial charge in [0.2, 0.25) is 5.91 Å². The number of ether oxygens (including phenoxy) is 1. The number of carbonyl (C=O) groups excluding carboxylic acids is 1. The van der Waals surface area contributed by atoms with Gasteiger partial charge in [0.05, 0.1) is 0 Å². The molecule has 2 fully saturated rings. The number of likely N-dealkylation sites (tertiary alicyclic amines) is 1. The highest BCUT2D eigenvalue weighted by atomic mass is 16.5. The van der Waals surface area contributed by atoms with E-state index in [0.717, 1.165) is 45.4 Å². The van der Waals surface area contributed by atoms with Crippen molar-refractivity contribution in [2.24, 2.45) is 5.41 Å². The molecule has 0 aromatic rings. The van der Waals surface area contributed by atoms with Crippen LogP contribution in [0.5, 0.6) is 0 Å². The number of hydrogen-bond donors (Lipinski definition) is 1. The molecule has 0 aromatic carbocycles. The highest BCUT2D eigenvalue weighted by Crippen LogP contribution is 2.35. The van der Waals surface area contributed by atoms with Crippen LogP contribution in [0.1, 0.15) is 39.0 Å². The molecule has 1 amide bonds. The van der Waals surface area contributed by atoms with Crippen LogP contribution in [0.2, 0.25) is 0 Å². The van der Waals surface area contributed by atoms with Crippen molar-refractivity contribution < 1.29 is 9.53 Å². The zero-order chi connectivity index (χ0) is 12.8. The fraction of sp³-hybridized carbons (Fsp3) is 0.929. The lowest BCUT2D eigenvalue weighted by Gasteiger charge is -2.40. The molecule has 0 saturated carbocycles. The number of hydrogen-bond acceptors (Lipinski definition) is 3. The lowest BCUT2D eigenvalue weighted by atomic mass is 9.79. The number of nitrogens with one attached hydrogen (secondary N) is 1. The molecule has 4 nitrogen and oxygen atoms in total. The van der Waals surface area contributed by atoms with E-state index in [1.807, 2.05) is 4.90 Å². The summed E-state index contributed by atoms with van der Waals surface area (Å²) >= 11 is 0. The van der Waals surface area contributed by atoms with Crippen molar-refractivity contribution in [1.82, 2.24) is 10.2 Å². The van der Waals surface area contributed by atoms with Crippen LogP contribution in [0.15, 0.2) is 0 Å². The van der Waals surface area contributed by atoms with Gasteiger partial charge >= 0.3 is 0 Å². The van der Waals surface area contributed by atoms with Crippen molar-refractivity contribution >= 4 is 5.91 Å². The fourth-order valence-corrected chi connectivity index (χ4v) is 3.06. The van der Waals surface area contributed by atoms with Gasteiger partial charge in [-0.05, 0) is 32.2 Å². The predicted molar refractivity (Wildman–Crippen MR) is 71.5 cm³/mol. The van der Waals surface area contributed by atoms with Gasteiger partial charge in [0.25, 0.3) is 0 Å². The summed E-state index contributed by atoms with van der Waals surface area (Å²) in [6.45, 7) is 7.13. The number of carbonyl (C=O) groups is 1. The van der Waals surface area contributed by atoms with Gasteiger partial charge in [-0.1, -0.05) is 13.3 Å². The molecule has 1 unspecified atom stereocenters. The van der Waals surface area contributed by atoms with Gasteiger partial charge in [-0.2, -0.15) is 0 Å². The first-order valence-corrected chi connectivity index (χ1v) is 7.32. The Morgan fingerprint density at radius 1 is 1.44 bits per heavy atom. The van der Waals surface area contributed by atoms with Crippen LogP contribution >= 0.6 is 0 Å². The monoisotopic (exact) mass is 254 g/mol. The quantitative estimate of drug-likeness (QED) is 0.754. The largest absolute Gasteiger partial charge is 0.372 e. The third-order valence-corrected chi connectivity index (χ3v) is 4.21. The third kappa shape index (κ3) is 3.45. The van der Waals surface area contributed by atoms with Crippen LogP contribution in [-0.4, -0.2) is 50.2 Å². The number of rotatable bonds is 5. The van der Waals surface area contributed by atoms with E-state index < -0.39 is 0 Å². The Morgan fingerprint density at radius 3 is 3.06 bits per heavy atom. The zero-order valence-corrected chi connectivity index (χ0v) is 11.5. The molecular weight excluding hydrogens is 228 g/mol. The Morgan fingerprint density at radius 2 is 2.33 bits per heavy atom. The van der Waals surface area contributed by atoms with Crippen molar-refractivity contribution in [3.8, 4) is 0 Å². The van der Waals surface area contributed by atoms with Gasteiger partial charge in [-0.3, -0.25) is 4.79 Å². The fourth-order valence-electron chi connectivity index (χ4n) is 3.06.